The zero-order valence-electron chi connectivity index (χ0n) is 12.4. The van der Waals surface area contributed by atoms with Crippen LogP contribution >= 0.6 is 11.6 Å². The second kappa shape index (κ2) is 6.12. The van der Waals surface area contributed by atoms with E-state index in [-0.39, 0.29) is 6.54 Å². The minimum absolute atomic E-state index is 0.202. The van der Waals surface area contributed by atoms with Crippen molar-refractivity contribution in [3.63, 3.8) is 0 Å². The summed E-state index contributed by atoms with van der Waals surface area (Å²) in [5.41, 5.74) is -0.558. The van der Waals surface area contributed by atoms with E-state index in [4.69, 9.17) is 21.1 Å². The lowest BCUT2D eigenvalue weighted by molar-refractivity contribution is 0.0268. The van der Waals surface area contributed by atoms with Gasteiger partial charge in [-0.25, -0.2) is 4.79 Å². The lowest BCUT2D eigenvalue weighted by Crippen LogP contribution is -2.36. The van der Waals surface area contributed by atoms with Crippen molar-refractivity contribution in [1.82, 2.24) is 4.90 Å². The summed E-state index contributed by atoms with van der Waals surface area (Å²) in [7, 11) is 0. The maximum atomic E-state index is 12.0. The Bertz CT molecular complexity index is 497. The molecule has 1 fully saturated rings. The molecular formula is C15H20ClNO4. The zero-order chi connectivity index (χ0) is 15.6. The second-order valence-electron chi connectivity index (χ2n) is 6.06. The number of carbonyl (C=O) groups excluding carboxylic acids is 1. The number of amides is 1. The maximum Gasteiger partial charge on any atom is 0.410 e. The van der Waals surface area contributed by atoms with Crippen LogP contribution in [0, 0.1) is 0 Å². The quantitative estimate of drug-likeness (QED) is 0.912. The second-order valence-corrected chi connectivity index (χ2v) is 6.50. The van der Waals surface area contributed by atoms with Crippen LogP contribution in [0.4, 0.5) is 4.79 Å². The Morgan fingerprint density at radius 2 is 1.90 bits per heavy atom. The van der Waals surface area contributed by atoms with Gasteiger partial charge in [0.05, 0.1) is 13.1 Å². The molecule has 1 heterocycles. The van der Waals surface area contributed by atoms with Gasteiger partial charge in [-0.15, -0.1) is 0 Å². The van der Waals surface area contributed by atoms with Crippen LogP contribution < -0.4 is 4.74 Å². The number of halogens is 1. The van der Waals surface area contributed by atoms with Crippen molar-refractivity contribution in [2.45, 2.75) is 38.6 Å². The number of aliphatic hydroxyl groups excluding tert-OH is 1. The van der Waals surface area contributed by atoms with E-state index in [2.05, 4.69) is 0 Å². The summed E-state index contributed by atoms with van der Waals surface area (Å²) in [6.45, 7) is 5.91. The van der Waals surface area contributed by atoms with Crippen molar-refractivity contribution in [2.24, 2.45) is 0 Å². The molecule has 0 bridgehead atoms. The van der Waals surface area contributed by atoms with Gasteiger partial charge >= 0.3 is 6.09 Å². The molecule has 0 radical (unpaired) electrons. The summed E-state index contributed by atoms with van der Waals surface area (Å²) in [6.07, 6.45) is -1.66. The molecule has 6 heteroatoms. The van der Waals surface area contributed by atoms with Crippen LogP contribution in [0.3, 0.4) is 0 Å². The summed E-state index contributed by atoms with van der Waals surface area (Å²) in [5, 5.41) is 10.6. The van der Waals surface area contributed by atoms with E-state index in [0.29, 0.717) is 17.3 Å². The minimum atomic E-state index is -0.742. The Balaban J connectivity index is 1.94. The van der Waals surface area contributed by atoms with Crippen LogP contribution in [0.15, 0.2) is 24.3 Å². The topological polar surface area (TPSA) is 59.0 Å². The van der Waals surface area contributed by atoms with Gasteiger partial charge in [0.1, 0.15) is 23.6 Å². The fourth-order valence-corrected chi connectivity index (χ4v) is 2.16. The van der Waals surface area contributed by atoms with Gasteiger partial charge in [-0.1, -0.05) is 11.6 Å². The molecule has 1 aromatic carbocycles. The molecule has 1 aliphatic heterocycles. The predicted octanol–water partition coefficient (Wildman–Crippen LogP) is 2.70. The first-order valence-corrected chi connectivity index (χ1v) is 7.20. The highest BCUT2D eigenvalue weighted by molar-refractivity contribution is 6.30. The predicted molar refractivity (Wildman–Crippen MR) is 79.7 cm³/mol. The van der Waals surface area contributed by atoms with Gasteiger partial charge in [0.2, 0.25) is 0 Å². The molecule has 5 nitrogen and oxygen atoms in total. The number of likely N-dealkylation sites (tertiary alicyclic amines) is 1. The van der Waals surface area contributed by atoms with Gasteiger partial charge in [-0.2, -0.15) is 0 Å². The van der Waals surface area contributed by atoms with Crippen molar-refractivity contribution in [3.8, 4) is 5.75 Å². The highest BCUT2D eigenvalue weighted by Crippen LogP contribution is 2.22. The SMILES string of the molecule is CC(C)(C)OC(=O)N1C[C@@H](O)[C@H](Oc2ccc(Cl)cc2)C1. The number of hydrogen-bond donors (Lipinski definition) is 1. The first kappa shape index (κ1) is 15.9. The van der Waals surface area contributed by atoms with E-state index >= 15 is 0 Å². The van der Waals surface area contributed by atoms with Gasteiger partial charge in [0, 0.05) is 5.02 Å². The van der Waals surface area contributed by atoms with Crippen LogP contribution in [-0.2, 0) is 4.74 Å². The van der Waals surface area contributed by atoms with Crippen LogP contribution in [-0.4, -0.2) is 47.0 Å². The maximum absolute atomic E-state index is 12.0. The third kappa shape index (κ3) is 4.51. The number of carbonyl (C=O) groups is 1. The van der Waals surface area contributed by atoms with E-state index in [0.717, 1.165) is 0 Å². The minimum Gasteiger partial charge on any atom is -0.486 e. The van der Waals surface area contributed by atoms with Gasteiger partial charge in [0.25, 0.3) is 0 Å². The molecule has 1 aromatic rings. The van der Waals surface area contributed by atoms with Gasteiger partial charge in [0.15, 0.2) is 0 Å². The highest BCUT2D eigenvalue weighted by Gasteiger charge is 2.37. The summed E-state index contributed by atoms with van der Waals surface area (Å²) >= 11 is 5.81. The van der Waals surface area contributed by atoms with Crippen molar-refractivity contribution in [2.75, 3.05) is 13.1 Å². The van der Waals surface area contributed by atoms with E-state index in [1.54, 1.807) is 45.0 Å². The van der Waals surface area contributed by atoms with Gasteiger partial charge in [-0.3, -0.25) is 0 Å². The smallest absolute Gasteiger partial charge is 0.410 e. The normalized spacial score (nSPS) is 22.2. The van der Waals surface area contributed by atoms with Crippen molar-refractivity contribution < 1.29 is 19.4 Å². The van der Waals surface area contributed by atoms with Crippen LogP contribution in [0.25, 0.3) is 0 Å². The molecule has 0 spiro atoms. The monoisotopic (exact) mass is 313 g/mol. The van der Waals surface area contributed by atoms with Gasteiger partial charge in [-0.05, 0) is 45.0 Å². The van der Waals surface area contributed by atoms with Crippen molar-refractivity contribution in [3.05, 3.63) is 29.3 Å². The van der Waals surface area contributed by atoms with Gasteiger partial charge < -0.3 is 19.5 Å². The summed E-state index contributed by atoms with van der Waals surface area (Å²) < 4.78 is 11.0. The van der Waals surface area contributed by atoms with Crippen LogP contribution in [0.5, 0.6) is 5.75 Å². The fourth-order valence-electron chi connectivity index (χ4n) is 2.04. The largest absolute Gasteiger partial charge is 0.486 e. The van der Waals surface area contributed by atoms with Crippen molar-refractivity contribution >= 4 is 17.7 Å². The molecular weight excluding hydrogens is 294 g/mol. The first-order chi connectivity index (χ1) is 9.74. The Morgan fingerprint density at radius 3 is 2.48 bits per heavy atom. The Labute approximate surface area is 129 Å². The summed E-state index contributed by atoms with van der Waals surface area (Å²) in [6, 6.07) is 6.88. The molecule has 21 heavy (non-hydrogen) atoms. The Morgan fingerprint density at radius 1 is 1.29 bits per heavy atom. The molecule has 1 aliphatic rings. The van der Waals surface area contributed by atoms with E-state index < -0.39 is 23.9 Å². The molecule has 2 atom stereocenters. The first-order valence-electron chi connectivity index (χ1n) is 6.83. The lowest BCUT2D eigenvalue weighted by Gasteiger charge is -2.24. The van der Waals surface area contributed by atoms with E-state index in [1.165, 1.54) is 4.90 Å². The molecule has 116 valence electrons. The number of benzene rings is 1. The molecule has 2 rings (SSSR count). The number of nitrogens with zero attached hydrogens (tertiary/aromatic N) is 1. The molecule has 1 saturated heterocycles. The fraction of sp³-hybridized carbons (Fsp3) is 0.533. The third-order valence-corrected chi connectivity index (χ3v) is 3.24. The molecule has 1 N–H and O–H groups in total. The summed E-state index contributed by atoms with van der Waals surface area (Å²) in [4.78, 5) is 13.4. The van der Waals surface area contributed by atoms with Crippen molar-refractivity contribution in [1.29, 1.82) is 0 Å². The average Bonchev–Trinajstić information content (AvgIpc) is 2.72. The lowest BCUT2D eigenvalue weighted by atomic mass is 10.2. The Hall–Kier alpha value is -1.46. The summed E-state index contributed by atoms with van der Waals surface area (Å²) in [5.74, 6) is 0.606. The highest BCUT2D eigenvalue weighted by atomic mass is 35.5. The average molecular weight is 314 g/mol. The number of β-amino-alcohol motifs (C(OH)–C–C–N with tert-alkyl or cyclic N) is 1. The molecule has 0 unspecified atom stereocenters. The standard InChI is InChI=1S/C15H20ClNO4/c1-15(2,3)21-14(19)17-8-12(18)13(9-17)20-11-6-4-10(16)5-7-11/h4-7,12-13,18H,8-9H2,1-3H3/t12-,13-/m1/s1. The number of ether oxygens (including phenoxy) is 2. The third-order valence-electron chi connectivity index (χ3n) is 2.99. The molecule has 0 aliphatic carbocycles. The number of hydrogen-bond acceptors (Lipinski definition) is 4. The molecule has 1 amide bonds. The number of rotatable bonds is 2. The molecule has 0 saturated carbocycles. The zero-order valence-corrected chi connectivity index (χ0v) is 13.1. The van der Waals surface area contributed by atoms with E-state index in [9.17, 15) is 9.90 Å². The van der Waals surface area contributed by atoms with Crippen LogP contribution in [0.1, 0.15) is 20.8 Å². The Kier molecular flexibility index (Phi) is 4.64. The molecule has 0 aromatic heterocycles. The van der Waals surface area contributed by atoms with Crippen LogP contribution in [0.2, 0.25) is 5.02 Å². The van der Waals surface area contributed by atoms with E-state index in [1.807, 2.05) is 0 Å². The number of aliphatic hydroxyl groups is 1.